The van der Waals surface area contributed by atoms with Crippen LogP contribution in [0.2, 0.25) is 0 Å². The Morgan fingerprint density at radius 3 is 1.74 bits per heavy atom. The van der Waals surface area contributed by atoms with Crippen molar-refractivity contribution in [3.63, 3.8) is 0 Å². The van der Waals surface area contributed by atoms with E-state index >= 15 is 0 Å². The van der Waals surface area contributed by atoms with Crippen LogP contribution in [0.25, 0.3) is 11.1 Å². The third kappa shape index (κ3) is 6.20. The van der Waals surface area contributed by atoms with E-state index in [1.165, 1.54) is 87.3 Å². The van der Waals surface area contributed by atoms with Gasteiger partial charge in [-0.1, -0.05) is 142 Å². The standard InChI is InChI=1S/C48H68OS/c1-31-26-38-37(33-20-14-11-15-21-33)28-35(47(3,4)5)29-40(38)45(31)50(10,36-24-18-13-19-25-36)46-32(2)27-39-41(46)30-42(48(6,7)8)44(49-9)43(39)34-22-16-12-17-23-34/h12,16-17,22-23,28-33,36,45-46H,11,13-15,18-21,24-27H2,1-10H3. The van der Waals surface area contributed by atoms with E-state index in [2.05, 4.69) is 110 Å². The molecule has 272 valence electrons. The number of hydrogen-bond acceptors (Lipinski definition) is 1. The van der Waals surface area contributed by atoms with Gasteiger partial charge in [0.15, 0.2) is 0 Å². The summed E-state index contributed by atoms with van der Waals surface area (Å²) in [5.74, 6) is 3.17. The van der Waals surface area contributed by atoms with Gasteiger partial charge in [0.05, 0.1) is 7.11 Å². The van der Waals surface area contributed by atoms with Gasteiger partial charge in [-0.15, -0.1) is 0 Å². The second-order valence-electron chi connectivity index (χ2n) is 19.3. The van der Waals surface area contributed by atoms with Crippen molar-refractivity contribution < 1.29 is 4.74 Å². The zero-order chi connectivity index (χ0) is 35.6. The van der Waals surface area contributed by atoms with E-state index in [0.717, 1.165) is 23.3 Å². The summed E-state index contributed by atoms with van der Waals surface area (Å²) in [6, 6.07) is 19.4. The van der Waals surface area contributed by atoms with E-state index in [1.54, 1.807) is 33.4 Å². The average Bonchev–Trinajstić information content (AvgIpc) is 3.62. The van der Waals surface area contributed by atoms with Crippen molar-refractivity contribution in [2.24, 2.45) is 11.8 Å². The molecule has 0 N–H and O–H groups in total. The van der Waals surface area contributed by atoms with Gasteiger partial charge in [0.25, 0.3) is 0 Å². The van der Waals surface area contributed by atoms with Gasteiger partial charge in [-0.25, -0.2) is 10.0 Å². The van der Waals surface area contributed by atoms with Crippen LogP contribution in [0.5, 0.6) is 5.75 Å². The summed E-state index contributed by atoms with van der Waals surface area (Å²) < 4.78 is 6.44. The second kappa shape index (κ2) is 13.7. The van der Waals surface area contributed by atoms with Gasteiger partial charge in [0.2, 0.25) is 0 Å². The quantitative estimate of drug-likeness (QED) is 0.250. The maximum Gasteiger partial charge on any atom is 0.130 e. The summed E-state index contributed by atoms with van der Waals surface area (Å²) >= 11 is 0. The summed E-state index contributed by atoms with van der Waals surface area (Å²) in [6.07, 6.45) is 19.4. The van der Waals surface area contributed by atoms with E-state index < -0.39 is 10.0 Å². The molecule has 3 aromatic carbocycles. The highest BCUT2D eigenvalue weighted by Gasteiger charge is 2.53. The molecule has 2 heteroatoms. The maximum atomic E-state index is 6.44. The zero-order valence-corrected chi connectivity index (χ0v) is 34.2. The Hall–Kier alpha value is -2.19. The van der Waals surface area contributed by atoms with Crippen molar-refractivity contribution in [2.75, 3.05) is 13.4 Å². The van der Waals surface area contributed by atoms with Gasteiger partial charge in [0, 0.05) is 21.6 Å². The first-order valence-corrected chi connectivity index (χ1v) is 22.7. The van der Waals surface area contributed by atoms with Gasteiger partial charge in [-0.2, -0.15) is 0 Å². The molecule has 1 nitrogen and oxygen atoms in total. The Bertz CT molecular complexity index is 1680. The van der Waals surface area contributed by atoms with Crippen molar-refractivity contribution in [1.82, 2.24) is 0 Å². The van der Waals surface area contributed by atoms with Crippen LogP contribution >= 0.6 is 10.0 Å². The molecule has 0 radical (unpaired) electrons. The molecular weight excluding hydrogens is 625 g/mol. The van der Waals surface area contributed by atoms with Crippen molar-refractivity contribution in [2.45, 2.75) is 165 Å². The largest absolute Gasteiger partial charge is 0.496 e. The van der Waals surface area contributed by atoms with Crippen LogP contribution in [-0.2, 0) is 23.7 Å². The summed E-state index contributed by atoms with van der Waals surface area (Å²) in [6.45, 7) is 19.9. The molecule has 0 amide bonds. The Morgan fingerprint density at radius 1 is 0.640 bits per heavy atom. The molecule has 0 spiro atoms. The second-order valence-corrected chi connectivity index (χ2v) is 23.2. The topological polar surface area (TPSA) is 9.23 Å². The lowest BCUT2D eigenvalue weighted by Gasteiger charge is -2.57. The highest BCUT2D eigenvalue weighted by Crippen LogP contribution is 2.79. The first-order valence-electron chi connectivity index (χ1n) is 20.5. The molecular formula is C48H68OS. The number of fused-ring (bicyclic) bond motifs is 2. The predicted molar refractivity (Wildman–Crippen MR) is 220 cm³/mol. The third-order valence-corrected chi connectivity index (χ3v) is 19.3. The third-order valence-electron chi connectivity index (χ3n) is 13.8. The van der Waals surface area contributed by atoms with E-state index in [9.17, 15) is 0 Å². The molecule has 4 unspecified atom stereocenters. The van der Waals surface area contributed by atoms with E-state index in [4.69, 9.17) is 4.74 Å². The van der Waals surface area contributed by atoms with Crippen molar-refractivity contribution in [3.05, 3.63) is 87.5 Å². The number of methoxy groups -OCH3 is 1. The minimum Gasteiger partial charge on any atom is -0.496 e. The molecule has 4 aliphatic rings. The monoisotopic (exact) mass is 692 g/mol. The van der Waals surface area contributed by atoms with Crippen LogP contribution in [0, 0.1) is 11.8 Å². The fourth-order valence-corrected chi connectivity index (χ4v) is 17.7. The van der Waals surface area contributed by atoms with E-state index in [0.29, 0.717) is 22.3 Å². The summed E-state index contributed by atoms with van der Waals surface area (Å²) in [5.41, 5.74) is 14.4. The smallest absolute Gasteiger partial charge is 0.130 e. The fraction of sp³-hybridized carbons (Fsp3) is 0.625. The fourth-order valence-electron chi connectivity index (χ4n) is 11.5. The van der Waals surface area contributed by atoms with Crippen LogP contribution in [0.1, 0.15) is 175 Å². The Kier molecular flexibility index (Phi) is 9.88. The minimum absolute atomic E-state index is 0.0133. The van der Waals surface area contributed by atoms with Gasteiger partial charge in [-0.05, 0) is 118 Å². The molecule has 0 heterocycles. The van der Waals surface area contributed by atoms with Gasteiger partial charge in [-0.3, -0.25) is 0 Å². The van der Waals surface area contributed by atoms with E-state index in [1.807, 2.05) is 7.11 Å². The zero-order valence-electron chi connectivity index (χ0n) is 33.4. The summed E-state index contributed by atoms with van der Waals surface area (Å²) in [5, 5.41) is 2.08. The van der Waals surface area contributed by atoms with Crippen molar-refractivity contribution >= 4 is 10.0 Å². The highest BCUT2D eigenvalue weighted by atomic mass is 32.3. The molecule has 3 aromatic rings. The van der Waals surface area contributed by atoms with Crippen LogP contribution in [-0.4, -0.2) is 18.6 Å². The lowest BCUT2D eigenvalue weighted by molar-refractivity contribution is 0.398. The Morgan fingerprint density at radius 2 is 1.18 bits per heavy atom. The Balaban J connectivity index is 1.48. The van der Waals surface area contributed by atoms with E-state index in [-0.39, 0.29) is 10.8 Å². The summed E-state index contributed by atoms with van der Waals surface area (Å²) in [4.78, 5) is 0. The van der Waals surface area contributed by atoms with Gasteiger partial charge >= 0.3 is 0 Å². The number of benzene rings is 3. The molecule has 0 aliphatic heterocycles. The van der Waals surface area contributed by atoms with Gasteiger partial charge in [0.1, 0.15) is 5.75 Å². The first kappa shape index (κ1) is 36.2. The van der Waals surface area contributed by atoms with Crippen molar-refractivity contribution in [3.8, 4) is 16.9 Å². The first-order chi connectivity index (χ1) is 23.7. The molecule has 2 saturated carbocycles. The minimum atomic E-state index is -1.15. The molecule has 0 aromatic heterocycles. The normalized spacial score (nSPS) is 26.0. The van der Waals surface area contributed by atoms with Crippen LogP contribution in [0.4, 0.5) is 0 Å². The highest BCUT2D eigenvalue weighted by molar-refractivity contribution is 8.34. The average molecular weight is 693 g/mol. The SMILES string of the molecule is COc1c(C(C)(C)C)cc2c(c1-c1ccccc1)CC(C)C2[S@@](C)(C1CCCCC1)C1c2cc(C(C)(C)C)cc(C3CCCCC3)c2CC1C. The van der Waals surface area contributed by atoms with Crippen LogP contribution < -0.4 is 4.74 Å². The molecule has 5 atom stereocenters. The maximum absolute atomic E-state index is 6.44. The van der Waals surface area contributed by atoms with Gasteiger partial charge < -0.3 is 4.74 Å². The van der Waals surface area contributed by atoms with Crippen LogP contribution in [0.3, 0.4) is 0 Å². The lowest BCUT2D eigenvalue weighted by atomic mass is 9.77. The summed E-state index contributed by atoms with van der Waals surface area (Å²) in [7, 11) is 0.753. The lowest BCUT2D eigenvalue weighted by Crippen LogP contribution is -2.33. The molecule has 50 heavy (non-hydrogen) atoms. The molecule has 4 aliphatic carbocycles. The number of hydrogen-bond donors (Lipinski definition) is 0. The predicted octanol–water partition coefficient (Wildman–Crippen LogP) is 13.9. The Labute approximate surface area is 308 Å². The van der Waals surface area contributed by atoms with Crippen molar-refractivity contribution in [1.29, 1.82) is 0 Å². The molecule has 0 bridgehead atoms. The number of rotatable bonds is 6. The number of ether oxygens (including phenoxy) is 1. The molecule has 0 saturated heterocycles. The molecule has 7 rings (SSSR count). The van der Waals surface area contributed by atoms with Crippen LogP contribution in [0.15, 0.2) is 48.5 Å². The molecule has 2 fully saturated rings.